The van der Waals surface area contributed by atoms with Gasteiger partial charge in [-0.3, -0.25) is 9.59 Å². The van der Waals surface area contributed by atoms with Gasteiger partial charge >= 0.3 is 0 Å². The molecule has 0 unspecified atom stereocenters. The van der Waals surface area contributed by atoms with Crippen LogP contribution in [-0.2, 0) is 14.3 Å². The molecular formula is C19H26N2O4. The van der Waals surface area contributed by atoms with E-state index < -0.39 is 0 Å². The van der Waals surface area contributed by atoms with E-state index in [0.717, 1.165) is 18.4 Å². The highest BCUT2D eigenvalue weighted by Crippen LogP contribution is 2.41. The molecule has 136 valence electrons. The van der Waals surface area contributed by atoms with Crippen molar-refractivity contribution in [1.29, 1.82) is 0 Å². The Morgan fingerprint density at radius 3 is 2.68 bits per heavy atom. The molecule has 1 aliphatic heterocycles. The van der Waals surface area contributed by atoms with Crippen molar-refractivity contribution in [1.82, 2.24) is 10.2 Å². The van der Waals surface area contributed by atoms with Gasteiger partial charge in [0.25, 0.3) is 0 Å². The van der Waals surface area contributed by atoms with E-state index in [1.54, 1.807) is 19.1 Å². The SMILES string of the molecule is COCCN1C(=O)CC[C@@H](C(=O)NC2CC2)[C@@H]1c1ccccc1OC. The van der Waals surface area contributed by atoms with Crippen molar-refractivity contribution < 1.29 is 19.1 Å². The van der Waals surface area contributed by atoms with Crippen LogP contribution in [0.1, 0.15) is 37.3 Å². The summed E-state index contributed by atoms with van der Waals surface area (Å²) < 4.78 is 10.7. The average Bonchev–Trinajstić information content (AvgIpc) is 3.44. The molecule has 1 aromatic rings. The highest BCUT2D eigenvalue weighted by atomic mass is 16.5. The molecule has 1 aliphatic carbocycles. The Hall–Kier alpha value is -2.08. The van der Waals surface area contributed by atoms with Crippen LogP contribution in [0.4, 0.5) is 0 Å². The molecule has 25 heavy (non-hydrogen) atoms. The number of hydrogen-bond donors (Lipinski definition) is 1. The second-order valence-electron chi connectivity index (χ2n) is 6.69. The summed E-state index contributed by atoms with van der Waals surface area (Å²) in [5.41, 5.74) is 0.880. The predicted molar refractivity (Wildman–Crippen MR) is 93.2 cm³/mol. The minimum Gasteiger partial charge on any atom is -0.496 e. The number of hydrogen-bond acceptors (Lipinski definition) is 4. The number of rotatable bonds is 7. The monoisotopic (exact) mass is 346 g/mol. The molecular weight excluding hydrogens is 320 g/mol. The van der Waals surface area contributed by atoms with Crippen LogP contribution in [-0.4, -0.2) is 50.1 Å². The molecule has 1 aromatic carbocycles. The standard InChI is InChI=1S/C19H26N2O4/c1-24-12-11-21-17(22)10-9-15(19(23)20-13-7-8-13)18(21)14-5-3-4-6-16(14)25-2/h3-6,13,15,18H,7-12H2,1-2H3,(H,20,23)/t15-,18+/m1/s1. The van der Waals surface area contributed by atoms with Gasteiger partial charge in [-0.15, -0.1) is 0 Å². The molecule has 2 amide bonds. The minimum atomic E-state index is -0.328. The van der Waals surface area contributed by atoms with E-state index in [2.05, 4.69) is 5.32 Å². The summed E-state index contributed by atoms with van der Waals surface area (Å²) in [5, 5.41) is 3.10. The van der Waals surface area contributed by atoms with Gasteiger partial charge in [-0.05, 0) is 25.3 Å². The van der Waals surface area contributed by atoms with E-state index in [9.17, 15) is 9.59 Å². The average molecular weight is 346 g/mol. The molecule has 6 heteroatoms. The number of para-hydroxylation sites is 1. The molecule has 1 saturated carbocycles. The summed E-state index contributed by atoms with van der Waals surface area (Å²) in [7, 11) is 3.23. The maximum absolute atomic E-state index is 12.8. The van der Waals surface area contributed by atoms with Crippen LogP contribution in [0.5, 0.6) is 5.75 Å². The topological polar surface area (TPSA) is 67.9 Å². The summed E-state index contributed by atoms with van der Waals surface area (Å²) in [5.74, 6) is 0.525. The number of nitrogens with zero attached hydrogens (tertiary/aromatic N) is 1. The van der Waals surface area contributed by atoms with E-state index in [4.69, 9.17) is 9.47 Å². The Labute approximate surface area is 148 Å². The first-order chi connectivity index (χ1) is 12.2. The van der Waals surface area contributed by atoms with Crippen LogP contribution in [0.25, 0.3) is 0 Å². The van der Waals surface area contributed by atoms with Crippen LogP contribution >= 0.6 is 0 Å². The van der Waals surface area contributed by atoms with E-state index in [1.165, 1.54) is 0 Å². The first kappa shape index (κ1) is 17.7. The van der Waals surface area contributed by atoms with Crippen LogP contribution < -0.4 is 10.1 Å². The van der Waals surface area contributed by atoms with Crippen molar-refractivity contribution in [3.8, 4) is 5.75 Å². The Balaban J connectivity index is 1.94. The van der Waals surface area contributed by atoms with Crippen LogP contribution in [0.2, 0.25) is 0 Å². The molecule has 1 N–H and O–H groups in total. The molecule has 0 spiro atoms. The van der Waals surface area contributed by atoms with E-state index in [1.807, 2.05) is 24.3 Å². The number of likely N-dealkylation sites (tertiary alicyclic amines) is 1. The number of ether oxygens (including phenoxy) is 2. The number of nitrogens with one attached hydrogen (secondary N) is 1. The summed E-state index contributed by atoms with van der Waals surface area (Å²) in [6.45, 7) is 0.902. The van der Waals surface area contributed by atoms with Gasteiger partial charge in [0.1, 0.15) is 5.75 Å². The fraction of sp³-hybridized carbons (Fsp3) is 0.579. The smallest absolute Gasteiger partial charge is 0.225 e. The van der Waals surface area contributed by atoms with Gasteiger partial charge in [-0.2, -0.15) is 0 Å². The van der Waals surface area contributed by atoms with Gasteiger partial charge in [-0.25, -0.2) is 0 Å². The van der Waals surface area contributed by atoms with Gasteiger partial charge in [-0.1, -0.05) is 18.2 Å². The number of benzene rings is 1. The molecule has 3 rings (SSSR count). The fourth-order valence-electron chi connectivity index (χ4n) is 3.51. The molecule has 0 bridgehead atoms. The maximum atomic E-state index is 12.8. The van der Waals surface area contributed by atoms with Gasteiger partial charge < -0.3 is 19.7 Å². The lowest BCUT2D eigenvalue weighted by Gasteiger charge is -2.41. The zero-order chi connectivity index (χ0) is 17.8. The zero-order valence-electron chi connectivity index (χ0n) is 14.9. The second kappa shape index (κ2) is 7.87. The van der Waals surface area contributed by atoms with Crippen LogP contribution in [0.3, 0.4) is 0 Å². The second-order valence-corrected chi connectivity index (χ2v) is 6.69. The lowest BCUT2D eigenvalue weighted by atomic mass is 9.83. The first-order valence-corrected chi connectivity index (χ1v) is 8.87. The number of methoxy groups -OCH3 is 2. The third-order valence-corrected chi connectivity index (χ3v) is 4.96. The molecule has 1 saturated heterocycles. The van der Waals surface area contributed by atoms with Crippen molar-refractivity contribution in [2.75, 3.05) is 27.4 Å². The Bertz CT molecular complexity index is 630. The highest BCUT2D eigenvalue weighted by molar-refractivity contribution is 5.85. The predicted octanol–water partition coefficient (Wildman–Crippen LogP) is 1.90. The van der Waals surface area contributed by atoms with Gasteiger partial charge in [0.05, 0.1) is 25.7 Å². The highest BCUT2D eigenvalue weighted by Gasteiger charge is 2.42. The first-order valence-electron chi connectivity index (χ1n) is 8.87. The van der Waals surface area contributed by atoms with E-state index >= 15 is 0 Å². The number of carbonyl (C=O) groups is 2. The minimum absolute atomic E-state index is 0.0355. The van der Waals surface area contributed by atoms with E-state index in [0.29, 0.717) is 37.8 Å². The van der Waals surface area contributed by atoms with Gasteiger partial charge in [0.15, 0.2) is 0 Å². The van der Waals surface area contributed by atoms with Crippen molar-refractivity contribution in [3.63, 3.8) is 0 Å². The van der Waals surface area contributed by atoms with Crippen molar-refractivity contribution >= 4 is 11.8 Å². The van der Waals surface area contributed by atoms with E-state index in [-0.39, 0.29) is 23.8 Å². The summed E-state index contributed by atoms with van der Waals surface area (Å²) in [6, 6.07) is 7.60. The molecule has 2 aliphatic rings. The number of carbonyl (C=O) groups excluding carboxylic acids is 2. The molecule has 0 aromatic heterocycles. The summed E-state index contributed by atoms with van der Waals surface area (Å²) in [6.07, 6.45) is 3.04. The molecule has 1 heterocycles. The van der Waals surface area contributed by atoms with Crippen LogP contribution in [0.15, 0.2) is 24.3 Å². The Kier molecular flexibility index (Phi) is 5.58. The fourth-order valence-corrected chi connectivity index (χ4v) is 3.51. The number of piperidine rings is 1. The zero-order valence-corrected chi connectivity index (χ0v) is 14.9. The lowest BCUT2D eigenvalue weighted by Crippen LogP contribution is -2.49. The largest absolute Gasteiger partial charge is 0.496 e. The molecule has 6 nitrogen and oxygen atoms in total. The normalized spacial score (nSPS) is 23.4. The van der Waals surface area contributed by atoms with Gasteiger partial charge in [0, 0.05) is 31.7 Å². The molecule has 2 atom stereocenters. The third-order valence-electron chi connectivity index (χ3n) is 4.96. The summed E-state index contributed by atoms with van der Waals surface area (Å²) in [4.78, 5) is 27.2. The van der Waals surface area contributed by atoms with Crippen molar-refractivity contribution in [3.05, 3.63) is 29.8 Å². The molecule has 0 radical (unpaired) electrons. The third kappa shape index (κ3) is 3.95. The maximum Gasteiger partial charge on any atom is 0.225 e. The van der Waals surface area contributed by atoms with Crippen molar-refractivity contribution in [2.45, 2.75) is 37.8 Å². The van der Waals surface area contributed by atoms with Gasteiger partial charge in [0.2, 0.25) is 11.8 Å². The Morgan fingerprint density at radius 2 is 2.00 bits per heavy atom. The lowest BCUT2D eigenvalue weighted by molar-refractivity contribution is -0.144. The van der Waals surface area contributed by atoms with Crippen LogP contribution in [0, 0.1) is 5.92 Å². The summed E-state index contributed by atoms with van der Waals surface area (Å²) >= 11 is 0. The Morgan fingerprint density at radius 1 is 1.24 bits per heavy atom. The number of amides is 2. The quantitative estimate of drug-likeness (QED) is 0.819. The molecule has 2 fully saturated rings. The van der Waals surface area contributed by atoms with Crippen molar-refractivity contribution in [2.24, 2.45) is 5.92 Å².